The van der Waals surface area contributed by atoms with Crippen LogP contribution < -0.4 is 5.32 Å². The lowest BCUT2D eigenvalue weighted by Gasteiger charge is -2.34. The first kappa shape index (κ1) is 19.2. The Kier molecular flexibility index (Phi) is 7.32. The van der Waals surface area contributed by atoms with E-state index in [0.29, 0.717) is 0 Å². The van der Waals surface area contributed by atoms with Crippen LogP contribution in [0.3, 0.4) is 0 Å². The number of hydrogen-bond donors (Lipinski definition) is 1. The van der Waals surface area contributed by atoms with E-state index >= 15 is 0 Å². The molecule has 0 unspecified atom stereocenters. The third kappa shape index (κ3) is 5.99. The Hall–Kier alpha value is -1.59. The lowest BCUT2D eigenvalue weighted by atomic mass is 10.1. The summed E-state index contributed by atoms with van der Waals surface area (Å²) >= 11 is 0. The number of rotatable bonds is 7. The van der Waals surface area contributed by atoms with Crippen molar-refractivity contribution in [2.45, 2.75) is 39.2 Å². The first-order valence-corrected chi connectivity index (χ1v) is 10.2. The van der Waals surface area contributed by atoms with Crippen molar-refractivity contribution in [1.82, 2.24) is 20.0 Å². The third-order valence-corrected chi connectivity index (χ3v) is 5.52. The smallest absolute Gasteiger partial charge is 0.317 e. The number of urea groups is 1. The number of nitrogens with zero attached hydrogens (tertiary/aromatic N) is 3. The van der Waals surface area contributed by atoms with E-state index in [1.54, 1.807) is 0 Å². The first-order valence-electron chi connectivity index (χ1n) is 10.2. The molecule has 5 heteroatoms. The van der Waals surface area contributed by atoms with Crippen LogP contribution in [0.25, 0.3) is 0 Å². The quantitative estimate of drug-likeness (QED) is 0.762. The molecular weight excluding hydrogens is 324 g/mol. The largest absolute Gasteiger partial charge is 0.338 e. The van der Waals surface area contributed by atoms with Gasteiger partial charge in [0, 0.05) is 39.3 Å². The van der Waals surface area contributed by atoms with Crippen LogP contribution >= 0.6 is 0 Å². The summed E-state index contributed by atoms with van der Waals surface area (Å²) in [5.74, 6) is 0. The van der Waals surface area contributed by atoms with Gasteiger partial charge in [-0.2, -0.15) is 0 Å². The van der Waals surface area contributed by atoms with Crippen molar-refractivity contribution in [1.29, 1.82) is 0 Å². The molecule has 0 radical (unpaired) electrons. The molecule has 0 spiro atoms. The summed E-state index contributed by atoms with van der Waals surface area (Å²) < 4.78 is 0. The van der Waals surface area contributed by atoms with E-state index in [-0.39, 0.29) is 6.03 Å². The molecule has 1 aromatic carbocycles. The van der Waals surface area contributed by atoms with Gasteiger partial charge < -0.3 is 15.1 Å². The number of aryl methyl sites for hydroxylation is 1. The Morgan fingerprint density at radius 3 is 2.50 bits per heavy atom. The zero-order valence-electron chi connectivity index (χ0n) is 16.3. The summed E-state index contributed by atoms with van der Waals surface area (Å²) in [6.07, 6.45) is 4.97. The van der Waals surface area contributed by atoms with Gasteiger partial charge in [0.25, 0.3) is 0 Å². The zero-order chi connectivity index (χ0) is 18.2. The number of piperazine rings is 1. The van der Waals surface area contributed by atoms with Crippen molar-refractivity contribution in [2.24, 2.45) is 0 Å². The second-order valence-corrected chi connectivity index (χ2v) is 7.74. The summed E-state index contributed by atoms with van der Waals surface area (Å²) in [6, 6.07) is 8.81. The van der Waals surface area contributed by atoms with Gasteiger partial charge in [0.05, 0.1) is 0 Å². The molecule has 0 saturated carbocycles. The van der Waals surface area contributed by atoms with Gasteiger partial charge in [0.15, 0.2) is 0 Å². The summed E-state index contributed by atoms with van der Waals surface area (Å²) in [5, 5.41) is 3.10. The predicted molar refractivity (Wildman–Crippen MR) is 106 cm³/mol. The van der Waals surface area contributed by atoms with Crippen molar-refractivity contribution < 1.29 is 4.79 Å². The number of benzene rings is 1. The zero-order valence-corrected chi connectivity index (χ0v) is 16.3. The Labute approximate surface area is 158 Å². The van der Waals surface area contributed by atoms with Crippen LogP contribution in [-0.4, -0.2) is 73.1 Å². The van der Waals surface area contributed by atoms with Gasteiger partial charge in [0.2, 0.25) is 0 Å². The standard InChI is InChI=1S/C21H34N4O/c1-19-7-6-8-20(17-19)18-24-13-15-25(16-14-24)21(26)22-9-2-3-10-23-11-4-5-12-23/h6-8,17H,2-5,9-16,18H2,1H3,(H,22,26). The highest BCUT2D eigenvalue weighted by molar-refractivity contribution is 5.74. The molecule has 2 heterocycles. The van der Waals surface area contributed by atoms with E-state index in [2.05, 4.69) is 46.3 Å². The van der Waals surface area contributed by atoms with Crippen molar-refractivity contribution in [3.63, 3.8) is 0 Å². The SMILES string of the molecule is Cc1cccc(CN2CCN(C(=O)NCCCCN3CCCC3)CC2)c1. The van der Waals surface area contributed by atoms with E-state index < -0.39 is 0 Å². The van der Waals surface area contributed by atoms with Crippen LogP contribution in [0.2, 0.25) is 0 Å². The van der Waals surface area contributed by atoms with Gasteiger partial charge in [-0.05, 0) is 57.8 Å². The number of nitrogens with one attached hydrogen (secondary N) is 1. The molecule has 1 aromatic rings. The van der Waals surface area contributed by atoms with E-state index in [1.165, 1.54) is 50.0 Å². The second kappa shape index (κ2) is 9.93. The van der Waals surface area contributed by atoms with Crippen molar-refractivity contribution in [2.75, 3.05) is 52.4 Å². The van der Waals surface area contributed by atoms with Crippen molar-refractivity contribution in [3.8, 4) is 0 Å². The average Bonchev–Trinajstić information content (AvgIpc) is 3.15. The van der Waals surface area contributed by atoms with E-state index in [1.807, 2.05) is 4.90 Å². The summed E-state index contributed by atoms with van der Waals surface area (Å²) in [4.78, 5) is 19.3. The highest BCUT2D eigenvalue weighted by atomic mass is 16.2. The van der Waals surface area contributed by atoms with E-state index in [0.717, 1.165) is 45.7 Å². The van der Waals surface area contributed by atoms with Crippen LogP contribution in [0.5, 0.6) is 0 Å². The van der Waals surface area contributed by atoms with Crippen LogP contribution in [0.4, 0.5) is 4.79 Å². The van der Waals surface area contributed by atoms with E-state index in [4.69, 9.17) is 0 Å². The fourth-order valence-electron chi connectivity index (χ4n) is 3.95. The number of carbonyl (C=O) groups is 1. The highest BCUT2D eigenvalue weighted by Gasteiger charge is 2.20. The van der Waals surface area contributed by atoms with E-state index in [9.17, 15) is 4.79 Å². The molecule has 0 aliphatic carbocycles. The molecule has 1 N–H and O–H groups in total. The van der Waals surface area contributed by atoms with Gasteiger partial charge in [0.1, 0.15) is 0 Å². The number of unbranched alkanes of at least 4 members (excludes halogenated alkanes) is 1. The maximum absolute atomic E-state index is 12.3. The minimum Gasteiger partial charge on any atom is -0.338 e. The molecule has 5 nitrogen and oxygen atoms in total. The molecule has 0 atom stereocenters. The lowest BCUT2D eigenvalue weighted by molar-refractivity contribution is 0.135. The molecule has 2 aliphatic rings. The Morgan fingerprint density at radius 2 is 1.77 bits per heavy atom. The molecule has 2 fully saturated rings. The molecule has 2 amide bonds. The summed E-state index contributed by atoms with van der Waals surface area (Å²) in [7, 11) is 0. The predicted octanol–water partition coefficient (Wildman–Crippen LogP) is 2.70. The molecule has 0 bridgehead atoms. The topological polar surface area (TPSA) is 38.8 Å². The fourth-order valence-corrected chi connectivity index (χ4v) is 3.95. The van der Waals surface area contributed by atoms with Gasteiger partial charge in [-0.3, -0.25) is 4.90 Å². The maximum atomic E-state index is 12.3. The van der Waals surface area contributed by atoms with Gasteiger partial charge in [-0.25, -0.2) is 4.79 Å². The molecule has 2 saturated heterocycles. The van der Waals surface area contributed by atoms with Crippen LogP contribution in [-0.2, 0) is 6.54 Å². The fraction of sp³-hybridized carbons (Fsp3) is 0.667. The number of likely N-dealkylation sites (tertiary alicyclic amines) is 1. The van der Waals surface area contributed by atoms with Gasteiger partial charge in [-0.15, -0.1) is 0 Å². The molecule has 144 valence electrons. The number of carbonyl (C=O) groups excluding carboxylic acids is 1. The normalized spacial score (nSPS) is 19.0. The lowest BCUT2D eigenvalue weighted by Crippen LogP contribution is -2.51. The summed E-state index contributed by atoms with van der Waals surface area (Å²) in [6.45, 7) is 11.2. The number of amides is 2. The Morgan fingerprint density at radius 1 is 1.00 bits per heavy atom. The van der Waals surface area contributed by atoms with Crippen molar-refractivity contribution >= 4 is 6.03 Å². The first-order chi connectivity index (χ1) is 12.7. The van der Waals surface area contributed by atoms with Gasteiger partial charge in [-0.1, -0.05) is 29.8 Å². The van der Waals surface area contributed by atoms with Gasteiger partial charge >= 0.3 is 6.03 Å². The summed E-state index contributed by atoms with van der Waals surface area (Å²) in [5.41, 5.74) is 2.67. The van der Waals surface area contributed by atoms with Crippen LogP contribution in [0, 0.1) is 6.92 Å². The monoisotopic (exact) mass is 358 g/mol. The third-order valence-electron chi connectivity index (χ3n) is 5.52. The number of hydrogen-bond acceptors (Lipinski definition) is 3. The Balaban J connectivity index is 1.28. The molecular formula is C21H34N4O. The Bertz CT molecular complexity index is 563. The minimum atomic E-state index is 0.112. The maximum Gasteiger partial charge on any atom is 0.317 e. The highest BCUT2D eigenvalue weighted by Crippen LogP contribution is 2.11. The minimum absolute atomic E-state index is 0.112. The van der Waals surface area contributed by atoms with Crippen LogP contribution in [0.1, 0.15) is 36.8 Å². The molecule has 2 aliphatic heterocycles. The van der Waals surface area contributed by atoms with Crippen molar-refractivity contribution in [3.05, 3.63) is 35.4 Å². The molecule has 26 heavy (non-hydrogen) atoms. The average molecular weight is 359 g/mol. The second-order valence-electron chi connectivity index (χ2n) is 7.74. The van der Waals surface area contributed by atoms with Crippen LogP contribution in [0.15, 0.2) is 24.3 Å². The molecule has 3 rings (SSSR count). The molecule has 0 aromatic heterocycles.